The van der Waals surface area contributed by atoms with Gasteiger partial charge in [-0.3, -0.25) is 4.79 Å². The molecule has 0 radical (unpaired) electrons. The molecule has 0 saturated carbocycles. The second kappa shape index (κ2) is 8.73. The Morgan fingerprint density at radius 3 is 2.25 bits per heavy atom. The quantitative estimate of drug-likeness (QED) is 0.717. The minimum atomic E-state index is -3.47. The second-order valence-corrected chi connectivity index (χ2v) is 10.6. The van der Waals surface area contributed by atoms with Crippen LogP contribution in [0.3, 0.4) is 0 Å². The molecule has 2 heterocycles. The van der Waals surface area contributed by atoms with Gasteiger partial charge >= 0.3 is 0 Å². The molecule has 1 fully saturated rings. The fraction of sp³-hybridized carbons (Fsp3) is 0.450. The maximum Gasteiger partial charge on any atom is 0.253 e. The van der Waals surface area contributed by atoms with Crippen molar-refractivity contribution in [1.82, 2.24) is 9.21 Å². The van der Waals surface area contributed by atoms with Crippen LogP contribution in [0.4, 0.5) is 0 Å². The molecule has 1 aliphatic rings. The molecule has 2 aromatic rings. The van der Waals surface area contributed by atoms with Gasteiger partial charge in [-0.15, -0.1) is 11.3 Å². The first-order valence-electron chi connectivity index (χ1n) is 9.34. The number of nitrogens with zero attached hydrogens (tertiary/aromatic N) is 2. The molecule has 1 amide bonds. The highest BCUT2D eigenvalue weighted by Gasteiger charge is 2.31. The zero-order chi connectivity index (χ0) is 20.3. The van der Waals surface area contributed by atoms with E-state index in [2.05, 4.69) is 0 Å². The molecule has 1 saturated heterocycles. The summed E-state index contributed by atoms with van der Waals surface area (Å²) in [6.07, 6.45) is 0.159. The van der Waals surface area contributed by atoms with E-state index in [9.17, 15) is 13.2 Å². The molecule has 3 rings (SSSR count). The third-order valence-electron chi connectivity index (χ3n) is 4.62. The number of thiophene rings is 1. The Balaban J connectivity index is 1.59. The number of carbonyl (C=O) groups is 1. The van der Waals surface area contributed by atoms with Crippen LogP contribution in [0.15, 0.2) is 40.6 Å². The number of ether oxygens (including phenoxy) is 1. The van der Waals surface area contributed by atoms with Crippen LogP contribution in [0.2, 0.25) is 0 Å². The molecule has 0 aliphatic carbocycles. The van der Waals surface area contributed by atoms with Gasteiger partial charge < -0.3 is 9.64 Å². The largest absolute Gasteiger partial charge is 0.374 e. The number of benzene rings is 1. The maximum absolute atomic E-state index is 12.7. The van der Waals surface area contributed by atoms with Gasteiger partial charge in [0.05, 0.1) is 12.7 Å². The molecule has 0 spiro atoms. The van der Waals surface area contributed by atoms with Gasteiger partial charge in [-0.25, -0.2) is 8.42 Å². The van der Waals surface area contributed by atoms with E-state index < -0.39 is 10.0 Å². The molecule has 152 valence electrons. The van der Waals surface area contributed by atoms with Crippen LogP contribution in [0.5, 0.6) is 0 Å². The Hall–Kier alpha value is -1.74. The number of hydrogen-bond donors (Lipinski definition) is 0. The van der Waals surface area contributed by atoms with Crippen molar-refractivity contribution in [1.29, 1.82) is 0 Å². The summed E-state index contributed by atoms with van der Waals surface area (Å²) in [5.41, 5.74) is 1.63. The lowest BCUT2D eigenvalue weighted by molar-refractivity contribution is 0.0654. The summed E-state index contributed by atoms with van der Waals surface area (Å²) < 4.78 is 32.8. The number of piperazine rings is 1. The average Bonchev–Trinajstić information content (AvgIpc) is 3.13. The molecular formula is C20H26N2O4S2. The lowest BCUT2D eigenvalue weighted by atomic mass is 10.1. The average molecular weight is 423 g/mol. The van der Waals surface area contributed by atoms with Crippen molar-refractivity contribution in [2.45, 2.75) is 37.7 Å². The second-order valence-electron chi connectivity index (χ2n) is 7.12. The monoisotopic (exact) mass is 422 g/mol. The Kier molecular flexibility index (Phi) is 6.54. The van der Waals surface area contributed by atoms with Crippen molar-refractivity contribution in [2.75, 3.05) is 26.2 Å². The number of aryl methyl sites for hydroxylation is 1. The summed E-state index contributed by atoms with van der Waals surface area (Å²) in [4.78, 5) is 15.4. The number of amides is 1. The standard InChI is InChI=1S/C20H26N2O4S2/c1-15(2)26-14-17-5-7-18(8-6-17)20(23)21-10-12-22(13-11-21)28(24,25)19-9-4-16(3)27-19/h4-9,15H,10-14H2,1-3H3. The van der Waals surface area contributed by atoms with Crippen molar-refractivity contribution >= 4 is 27.3 Å². The summed E-state index contributed by atoms with van der Waals surface area (Å²) in [5, 5.41) is 0. The van der Waals surface area contributed by atoms with Crippen molar-refractivity contribution in [3.63, 3.8) is 0 Å². The summed E-state index contributed by atoms with van der Waals surface area (Å²) in [6, 6.07) is 10.9. The maximum atomic E-state index is 12.7. The highest BCUT2D eigenvalue weighted by atomic mass is 32.2. The third kappa shape index (κ3) is 4.81. The van der Waals surface area contributed by atoms with Crippen LogP contribution in [-0.4, -0.2) is 55.8 Å². The highest BCUT2D eigenvalue weighted by Crippen LogP contribution is 2.25. The minimum absolute atomic E-state index is 0.0691. The highest BCUT2D eigenvalue weighted by molar-refractivity contribution is 7.91. The zero-order valence-electron chi connectivity index (χ0n) is 16.4. The van der Waals surface area contributed by atoms with E-state index in [0.29, 0.717) is 42.6 Å². The Labute approximate surface area is 170 Å². The van der Waals surface area contributed by atoms with Gasteiger partial charge in [0.25, 0.3) is 15.9 Å². The first kappa shape index (κ1) is 21.0. The van der Waals surface area contributed by atoms with Crippen LogP contribution < -0.4 is 0 Å². The van der Waals surface area contributed by atoms with Gasteiger partial charge in [0.2, 0.25) is 0 Å². The molecule has 6 nitrogen and oxygen atoms in total. The van der Waals surface area contributed by atoms with Gasteiger partial charge in [0.15, 0.2) is 0 Å². The fourth-order valence-corrected chi connectivity index (χ4v) is 5.86. The van der Waals surface area contributed by atoms with Crippen LogP contribution >= 0.6 is 11.3 Å². The SMILES string of the molecule is Cc1ccc(S(=O)(=O)N2CCN(C(=O)c3ccc(COC(C)C)cc3)CC2)s1. The summed E-state index contributed by atoms with van der Waals surface area (Å²) >= 11 is 1.28. The van der Waals surface area contributed by atoms with E-state index in [0.717, 1.165) is 10.4 Å². The van der Waals surface area contributed by atoms with Gasteiger partial charge in [-0.05, 0) is 50.6 Å². The van der Waals surface area contributed by atoms with E-state index >= 15 is 0 Å². The third-order valence-corrected chi connectivity index (χ3v) is 7.99. The predicted molar refractivity (Wildman–Crippen MR) is 110 cm³/mol. The van der Waals surface area contributed by atoms with Gasteiger partial charge in [0, 0.05) is 36.6 Å². The van der Waals surface area contributed by atoms with Crippen molar-refractivity contribution in [3.8, 4) is 0 Å². The Morgan fingerprint density at radius 1 is 1.07 bits per heavy atom. The topological polar surface area (TPSA) is 66.9 Å². The summed E-state index contributed by atoms with van der Waals surface area (Å²) in [6.45, 7) is 7.78. The number of carbonyl (C=O) groups excluding carboxylic acids is 1. The lowest BCUT2D eigenvalue weighted by Crippen LogP contribution is -2.50. The minimum Gasteiger partial charge on any atom is -0.374 e. The molecule has 28 heavy (non-hydrogen) atoms. The Morgan fingerprint density at radius 2 is 1.71 bits per heavy atom. The van der Waals surface area contributed by atoms with Crippen molar-refractivity contribution in [3.05, 3.63) is 52.4 Å². The molecule has 0 N–H and O–H groups in total. The van der Waals surface area contributed by atoms with Crippen molar-refractivity contribution in [2.24, 2.45) is 0 Å². The van der Waals surface area contributed by atoms with Crippen molar-refractivity contribution < 1.29 is 17.9 Å². The predicted octanol–water partition coefficient (Wildman–Crippen LogP) is 3.13. The van der Waals surface area contributed by atoms with E-state index in [4.69, 9.17) is 4.74 Å². The smallest absolute Gasteiger partial charge is 0.253 e. The lowest BCUT2D eigenvalue weighted by Gasteiger charge is -2.33. The van der Waals surface area contributed by atoms with E-state index in [-0.39, 0.29) is 12.0 Å². The van der Waals surface area contributed by atoms with Crippen LogP contribution in [0, 0.1) is 6.92 Å². The molecule has 1 aromatic heterocycles. The normalized spacial score (nSPS) is 15.9. The molecule has 1 aliphatic heterocycles. The first-order chi connectivity index (χ1) is 13.3. The molecule has 1 aromatic carbocycles. The number of sulfonamides is 1. The van der Waals surface area contributed by atoms with E-state index in [1.807, 2.05) is 39.0 Å². The molecular weight excluding hydrogens is 396 g/mol. The molecule has 0 atom stereocenters. The molecule has 0 unspecified atom stereocenters. The van der Waals surface area contributed by atoms with Gasteiger partial charge in [0.1, 0.15) is 4.21 Å². The summed E-state index contributed by atoms with van der Waals surface area (Å²) in [7, 11) is -3.47. The molecule has 0 bridgehead atoms. The summed E-state index contributed by atoms with van der Waals surface area (Å²) in [5.74, 6) is -0.0691. The van der Waals surface area contributed by atoms with Crippen LogP contribution in [0.25, 0.3) is 0 Å². The number of hydrogen-bond acceptors (Lipinski definition) is 5. The van der Waals surface area contributed by atoms with E-state index in [1.165, 1.54) is 15.6 Å². The number of rotatable bonds is 6. The molecule has 8 heteroatoms. The Bertz CT molecular complexity index is 912. The fourth-order valence-electron chi connectivity index (χ4n) is 3.00. The van der Waals surface area contributed by atoms with Crippen LogP contribution in [0.1, 0.15) is 34.6 Å². The first-order valence-corrected chi connectivity index (χ1v) is 11.6. The van der Waals surface area contributed by atoms with E-state index in [1.54, 1.807) is 23.1 Å². The van der Waals surface area contributed by atoms with Gasteiger partial charge in [-0.1, -0.05) is 12.1 Å². The zero-order valence-corrected chi connectivity index (χ0v) is 18.1. The van der Waals surface area contributed by atoms with Crippen LogP contribution in [-0.2, 0) is 21.4 Å². The van der Waals surface area contributed by atoms with Gasteiger partial charge in [-0.2, -0.15) is 4.31 Å².